The van der Waals surface area contributed by atoms with E-state index in [9.17, 15) is 9.18 Å². The number of halogens is 1. The molecular formula is C18H18FNO. The molecule has 2 aromatic rings. The van der Waals surface area contributed by atoms with Gasteiger partial charge in [0.05, 0.1) is 6.04 Å². The Balaban J connectivity index is 2.00. The van der Waals surface area contributed by atoms with Crippen LogP contribution in [0.25, 0.3) is 6.08 Å². The summed E-state index contributed by atoms with van der Waals surface area (Å²) in [6, 6.07) is 14.0. The normalized spacial score (nSPS) is 12.3. The minimum atomic E-state index is -0.314. The molecular weight excluding hydrogens is 265 g/mol. The number of nitrogens with one attached hydrogen (secondary N) is 1. The summed E-state index contributed by atoms with van der Waals surface area (Å²) in [5.41, 5.74) is 2.89. The van der Waals surface area contributed by atoms with Crippen molar-refractivity contribution in [3.05, 3.63) is 77.1 Å². The van der Waals surface area contributed by atoms with Crippen molar-refractivity contribution in [3.8, 4) is 0 Å². The molecule has 0 radical (unpaired) electrons. The number of amides is 1. The molecule has 0 saturated carbocycles. The van der Waals surface area contributed by atoms with Gasteiger partial charge in [-0.15, -0.1) is 0 Å². The Labute approximate surface area is 124 Å². The van der Waals surface area contributed by atoms with Crippen LogP contribution in [0.5, 0.6) is 0 Å². The van der Waals surface area contributed by atoms with Gasteiger partial charge in [-0.3, -0.25) is 4.79 Å². The Morgan fingerprint density at radius 3 is 2.67 bits per heavy atom. The van der Waals surface area contributed by atoms with Gasteiger partial charge in [0.15, 0.2) is 0 Å². The lowest BCUT2D eigenvalue weighted by Gasteiger charge is -2.15. The molecule has 0 saturated heterocycles. The molecule has 0 bridgehead atoms. The number of carbonyl (C=O) groups is 1. The monoisotopic (exact) mass is 283 g/mol. The molecule has 0 aliphatic heterocycles. The van der Waals surface area contributed by atoms with Crippen molar-refractivity contribution in [3.63, 3.8) is 0 Å². The second-order valence-electron chi connectivity index (χ2n) is 4.98. The quantitative estimate of drug-likeness (QED) is 0.843. The van der Waals surface area contributed by atoms with Gasteiger partial charge in [0, 0.05) is 6.08 Å². The number of carbonyl (C=O) groups excluding carboxylic acids is 1. The maximum atomic E-state index is 13.0. The van der Waals surface area contributed by atoms with Crippen LogP contribution >= 0.6 is 0 Å². The molecule has 0 heterocycles. The van der Waals surface area contributed by atoms with Crippen LogP contribution in [-0.2, 0) is 4.79 Å². The minimum absolute atomic E-state index is 0.0733. The van der Waals surface area contributed by atoms with Crippen LogP contribution in [0.1, 0.15) is 29.7 Å². The van der Waals surface area contributed by atoms with E-state index in [2.05, 4.69) is 5.32 Å². The number of aryl methyl sites for hydroxylation is 1. The maximum Gasteiger partial charge on any atom is 0.244 e. The Bertz CT molecular complexity index is 664. The molecule has 1 N–H and O–H groups in total. The Hall–Kier alpha value is -2.42. The SMILES string of the molecule is Cc1ccccc1C(C)NC(=O)/C=C/c1cccc(F)c1. The Morgan fingerprint density at radius 1 is 1.19 bits per heavy atom. The predicted octanol–water partition coefficient (Wildman–Crippen LogP) is 4.02. The molecule has 0 fully saturated rings. The van der Waals surface area contributed by atoms with E-state index in [1.807, 2.05) is 38.1 Å². The summed E-state index contributed by atoms with van der Waals surface area (Å²) in [6.45, 7) is 3.96. The first-order valence-electron chi connectivity index (χ1n) is 6.86. The molecule has 2 nitrogen and oxygen atoms in total. The zero-order chi connectivity index (χ0) is 15.2. The number of rotatable bonds is 4. The average molecular weight is 283 g/mol. The number of hydrogen-bond acceptors (Lipinski definition) is 1. The van der Waals surface area contributed by atoms with E-state index in [1.165, 1.54) is 18.2 Å². The third kappa shape index (κ3) is 4.28. The van der Waals surface area contributed by atoms with Gasteiger partial charge in [-0.25, -0.2) is 4.39 Å². The van der Waals surface area contributed by atoms with Gasteiger partial charge in [0.25, 0.3) is 0 Å². The molecule has 0 aliphatic carbocycles. The molecule has 3 heteroatoms. The first kappa shape index (κ1) is 15.0. The van der Waals surface area contributed by atoms with Crippen LogP contribution < -0.4 is 5.32 Å². The van der Waals surface area contributed by atoms with Gasteiger partial charge in [-0.1, -0.05) is 36.4 Å². The van der Waals surface area contributed by atoms with Crippen molar-refractivity contribution < 1.29 is 9.18 Å². The van der Waals surface area contributed by atoms with Gasteiger partial charge >= 0.3 is 0 Å². The number of benzene rings is 2. The van der Waals surface area contributed by atoms with E-state index in [1.54, 1.807) is 18.2 Å². The summed E-state index contributed by atoms with van der Waals surface area (Å²) >= 11 is 0. The van der Waals surface area contributed by atoms with E-state index in [0.29, 0.717) is 5.56 Å². The van der Waals surface area contributed by atoms with Crippen LogP contribution in [0.4, 0.5) is 4.39 Å². The van der Waals surface area contributed by atoms with Gasteiger partial charge in [-0.05, 0) is 48.7 Å². The highest BCUT2D eigenvalue weighted by molar-refractivity contribution is 5.91. The highest BCUT2D eigenvalue weighted by atomic mass is 19.1. The largest absolute Gasteiger partial charge is 0.346 e. The molecule has 0 aliphatic rings. The molecule has 108 valence electrons. The van der Waals surface area contributed by atoms with Crippen molar-refractivity contribution in [2.75, 3.05) is 0 Å². The lowest BCUT2D eigenvalue weighted by molar-refractivity contribution is -0.117. The van der Waals surface area contributed by atoms with Crippen molar-refractivity contribution in [1.29, 1.82) is 0 Å². The molecule has 0 spiro atoms. The fraction of sp³-hybridized carbons (Fsp3) is 0.167. The molecule has 1 unspecified atom stereocenters. The lowest BCUT2D eigenvalue weighted by atomic mass is 10.0. The van der Waals surface area contributed by atoms with E-state index in [0.717, 1.165) is 11.1 Å². The highest BCUT2D eigenvalue weighted by Crippen LogP contribution is 2.16. The Kier molecular flexibility index (Phi) is 4.88. The molecule has 21 heavy (non-hydrogen) atoms. The third-order valence-corrected chi connectivity index (χ3v) is 3.29. The lowest BCUT2D eigenvalue weighted by Crippen LogP contribution is -2.25. The predicted molar refractivity (Wildman–Crippen MR) is 83.2 cm³/mol. The van der Waals surface area contributed by atoms with Crippen molar-refractivity contribution in [2.24, 2.45) is 0 Å². The van der Waals surface area contributed by atoms with Gasteiger partial charge in [-0.2, -0.15) is 0 Å². The zero-order valence-electron chi connectivity index (χ0n) is 12.1. The van der Waals surface area contributed by atoms with E-state index >= 15 is 0 Å². The standard InChI is InChI=1S/C18H18FNO/c1-13-6-3-4-9-17(13)14(2)20-18(21)11-10-15-7-5-8-16(19)12-15/h3-12,14H,1-2H3,(H,20,21)/b11-10+. The summed E-state index contributed by atoms with van der Waals surface area (Å²) in [5.74, 6) is -0.513. The fourth-order valence-corrected chi connectivity index (χ4v) is 2.19. The zero-order valence-corrected chi connectivity index (χ0v) is 12.1. The average Bonchev–Trinajstić information content (AvgIpc) is 2.45. The fourth-order valence-electron chi connectivity index (χ4n) is 2.19. The van der Waals surface area contributed by atoms with E-state index in [-0.39, 0.29) is 17.8 Å². The van der Waals surface area contributed by atoms with Crippen LogP contribution in [-0.4, -0.2) is 5.91 Å². The van der Waals surface area contributed by atoms with Gasteiger partial charge in [0.2, 0.25) is 5.91 Å². The van der Waals surface area contributed by atoms with E-state index in [4.69, 9.17) is 0 Å². The molecule has 1 amide bonds. The summed E-state index contributed by atoms with van der Waals surface area (Å²) in [4.78, 5) is 11.9. The smallest absolute Gasteiger partial charge is 0.244 e. The second kappa shape index (κ2) is 6.84. The van der Waals surface area contributed by atoms with Crippen LogP contribution in [0, 0.1) is 12.7 Å². The first-order valence-corrected chi connectivity index (χ1v) is 6.86. The highest BCUT2D eigenvalue weighted by Gasteiger charge is 2.09. The molecule has 1 atom stereocenters. The molecule has 2 rings (SSSR count). The van der Waals surface area contributed by atoms with Crippen molar-refractivity contribution in [1.82, 2.24) is 5.32 Å². The Morgan fingerprint density at radius 2 is 1.95 bits per heavy atom. The topological polar surface area (TPSA) is 29.1 Å². The van der Waals surface area contributed by atoms with Gasteiger partial charge < -0.3 is 5.32 Å². The summed E-state index contributed by atoms with van der Waals surface area (Å²) in [7, 11) is 0. The van der Waals surface area contributed by atoms with Crippen LogP contribution in [0.15, 0.2) is 54.6 Å². The summed E-state index contributed by atoms with van der Waals surface area (Å²) in [5, 5.41) is 2.90. The van der Waals surface area contributed by atoms with E-state index < -0.39 is 0 Å². The molecule has 2 aromatic carbocycles. The van der Waals surface area contributed by atoms with Crippen molar-refractivity contribution >= 4 is 12.0 Å². The van der Waals surface area contributed by atoms with Crippen LogP contribution in [0.2, 0.25) is 0 Å². The van der Waals surface area contributed by atoms with Crippen molar-refractivity contribution in [2.45, 2.75) is 19.9 Å². The third-order valence-electron chi connectivity index (χ3n) is 3.29. The minimum Gasteiger partial charge on any atom is -0.346 e. The summed E-state index contributed by atoms with van der Waals surface area (Å²) < 4.78 is 13.0. The molecule has 0 aromatic heterocycles. The van der Waals surface area contributed by atoms with Crippen LogP contribution in [0.3, 0.4) is 0 Å². The second-order valence-corrected chi connectivity index (χ2v) is 4.98. The summed E-state index contributed by atoms with van der Waals surface area (Å²) in [6.07, 6.45) is 3.02. The first-order chi connectivity index (χ1) is 10.1. The maximum absolute atomic E-state index is 13.0. The van der Waals surface area contributed by atoms with Gasteiger partial charge in [0.1, 0.15) is 5.82 Å². The number of hydrogen-bond donors (Lipinski definition) is 1.